The van der Waals surface area contributed by atoms with Crippen molar-refractivity contribution in [3.05, 3.63) is 35.9 Å². The van der Waals surface area contributed by atoms with Crippen molar-refractivity contribution in [2.24, 2.45) is 5.41 Å². The molecule has 0 aromatic heterocycles. The summed E-state index contributed by atoms with van der Waals surface area (Å²) in [7, 11) is 0. The SMILES string of the molecule is CC(C)(C)[C@H]1C[C@@H](Br)CN1Cc1ccccc1. The summed E-state index contributed by atoms with van der Waals surface area (Å²) >= 11 is 3.78. The molecule has 2 heteroatoms. The highest BCUT2D eigenvalue weighted by Crippen LogP contribution is 2.36. The maximum Gasteiger partial charge on any atom is 0.0288 e. The second-order valence-corrected chi connectivity index (χ2v) is 7.42. The summed E-state index contributed by atoms with van der Waals surface area (Å²) in [4.78, 5) is 3.27. The van der Waals surface area contributed by atoms with Gasteiger partial charge in [0.05, 0.1) is 0 Å². The molecule has 1 aliphatic rings. The van der Waals surface area contributed by atoms with Crippen molar-refractivity contribution in [1.82, 2.24) is 4.90 Å². The number of hydrogen-bond donors (Lipinski definition) is 0. The van der Waals surface area contributed by atoms with Crippen molar-refractivity contribution in [2.45, 2.75) is 44.6 Å². The first kappa shape index (κ1) is 13.1. The summed E-state index contributed by atoms with van der Waals surface area (Å²) in [6, 6.07) is 11.5. The summed E-state index contributed by atoms with van der Waals surface area (Å²) in [6.07, 6.45) is 1.26. The van der Waals surface area contributed by atoms with Crippen LogP contribution >= 0.6 is 15.9 Å². The quantitative estimate of drug-likeness (QED) is 0.744. The van der Waals surface area contributed by atoms with E-state index in [1.807, 2.05) is 0 Å². The van der Waals surface area contributed by atoms with E-state index >= 15 is 0 Å². The van der Waals surface area contributed by atoms with Gasteiger partial charge in [-0.1, -0.05) is 67.0 Å². The predicted molar refractivity (Wildman–Crippen MR) is 77.4 cm³/mol. The molecule has 0 aliphatic carbocycles. The van der Waals surface area contributed by atoms with Crippen LogP contribution in [0, 0.1) is 5.41 Å². The molecule has 17 heavy (non-hydrogen) atoms. The van der Waals surface area contributed by atoms with Crippen molar-refractivity contribution >= 4 is 15.9 Å². The Kier molecular flexibility index (Phi) is 3.94. The molecule has 0 N–H and O–H groups in total. The van der Waals surface area contributed by atoms with Gasteiger partial charge in [-0.05, 0) is 17.4 Å². The normalized spacial score (nSPS) is 26.4. The third-order valence-electron chi connectivity index (χ3n) is 3.58. The third-order valence-corrected chi connectivity index (χ3v) is 4.24. The van der Waals surface area contributed by atoms with Gasteiger partial charge in [-0.15, -0.1) is 0 Å². The molecule has 0 bridgehead atoms. The fourth-order valence-corrected chi connectivity index (χ4v) is 3.47. The Bertz CT molecular complexity index is 355. The van der Waals surface area contributed by atoms with E-state index in [1.165, 1.54) is 12.0 Å². The van der Waals surface area contributed by atoms with E-state index in [1.54, 1.807) is 0 Å². The predicted octanol–water partition coefficient (Wildman–Crippen LogP) is 4.07. The Morgan fingerprint density at radius 2 is 1.88 bits per heavy atom. The zero-order valence-electron chi connectivity index (χ0n) is 11.0. The van der Waals surface area contributed by atoms with E-state index < -0.39 is 0 Å². The van der Waals surface area contributed by atoms with E-state index in [9.17, 15) is 0 Å². The van der Waals surface area contributed by atoms with Gasteiger partial charge in [-0.2, -0.15) is 0 Å². The van der Waals surface area contributed by atoms with E-state index in [2.05, 4.69) is 71.9 Å². The minimum Gasteiger partial charge on any atom is -0.294 e. The molecule has 1 heterocycles. The van der Waals surface area contributed by atoms with E-state index in [-0.39, 0.29) is 0 Å². The summed E-state index contributed by atoms with van der Waals surface area (Å²) in [6.45, 7) is 9.28. The van der Waals surface area contributed by atoms with E-state index in [4.69, 9.17) is 0 Å². The van der Waals surface area contributed by atoms with Crippen LogP contribution in [0.25, 0.3) is 0 Å². The van der Waals surface area contributed by atoms with Gasteiger partial charge < -0.3 is 0 Å². The van der Waals surface area contributed by atoms with Crippen LogP contribution in [-0.2, 0) is 6.54 Å². The van der Waals surface area contributed by atoms with Gasteiger partial charge in [0.15, 0.2) is 0 Å². The van der Waals surface area contributed by atoms with Gasteiger partial charge in [-0.25, -0.2) is 0 Å². The zero-order valence-corrected chi connectivity index (χ0v) is 12.6. The van der Waals surface area contributed by atoms with E-state index in [0.717, 1.165) is 13.1 Å². The standard InChI is InChI=1S/C15H22BrN/c1-15(2,3)14-9-13(16)11-17(14)10-12-7-5-4-6-8-12/h4-8,13-14H,9-11H2,1-3H3/t13-,14-/m1/s1. The first-order valence-electron chi connectivity index (χ1n) is 6.39. The summed E-state index contributed by atoms with van der Waals surface area (Å²) < 4.78 is 0. The first-order chi connectivity index (χ1) is 7.97. The van der Waals surface area contributed by atoms with Crippen LogP contribution in [0.4, 0.5) is 0 Å². The number of rotatable bonds is 2. The Labute approximate surface area is 113 Å². The van der Waals surface area contributed by atoms with Crippen molar-refractivity contribution in [1.29, 1.82) is 0 Å². The lowest BCUT2D eigenvalue weighted by molar-refractivity contribution is 0.134. The second-order valence-electron chi connectivity index (χ2n) is 6.13. The molecule has 1 nitrogen and oxygen atoms in total. The van der Waals surface area contributed by atoms with Gasteiger partial charge in [0.1, 0.15) is 0 Å². The molecule has 1 aliphatic heterocycles. The number of likely N-dealkylation sites (tertiary alicyclic amines) is 1. The number of benzene rings is 1. The molecule has 0 radical (unpaired) electrons. The summed E-state index contributed by atoms with van der Waals surface area (Å²) in [5, 5.41) is 0. The fraction of sp³-hybridized carbons (Fsp3) is 0.600. The molecular weight excluding hydrogens is 274 g/mol. The molecule has 0 spiro atoms. The fourth-order valence-electron chi connectivity index (χ4n) is 2.74. The number of nitrogens with zero attached hydrogens (tertiary/aromatic N) is 1. The highest BCUT2D eigenvalue weighted by molar-refractivity contribution is 9.09. The third kappa shape index (κ3) is 3.32. The Balaban J connectivity index is 2.09. The van der Waals surface area contributed by atoms with Crippen molar-refractivity contribution in [3.63, 3.8) is 0 Å². The van der Waals surface area contributed by atoms with Gasteiger partial charge in [-0.3, -0.25) is 4.90 Å². The van der Waals surface area contributed by atoms with Crippen LogP contribution in [0.15, 0.2) is 30.3 Å². The van der Waals surface area contributed by atoms with Crippen LogP contribution in [0.2, 0.25) is 0 Å². The average Bonchev–Trinajstić information content (AvgIpc) is 2.60. The summed E-state index contributed by atoms with van der Waals surface area (Å²) in [5.74, 6) is 0. The highest BCUT2D eigenvalue weighted by atomic mass is 79.9. The topological polar surface area (TPSA) is 3.24 Å². The maximum atomic E-state index is 3.78. The lowest BCUT2D eigenvalue weighted by atomic mass is 9.85. The Morgan fingerprint density at radius 3 is 2.47 bits per heavy atom. The molecule has 1 saturated heterocycles. The zero-order chi connectivity index (χ0) is 12.5. The van der Waals surface area contributed by atoms with E-state index in [0.29, 0.717) is 16.3 Å². The lowest BCUT2D eigenvalue weighted by Gasteiger charge is -2.35. The van der Waals surface area contributed by atoms with Gasteiger partial charge in [0.25, 0.3) is 0 Å². The Morgan fingerprint density at radius 1 is 1.24 bits per heavy atom. The molecule has 1 aromatic carbocycles. The van der Waals surface area contributed by atoms with Crippen LogP contribution in [0.5, 0.6) is 0 Å². The molecule has 0 saturated carbocycles. The van der Waals surface area contributed by atoms with Crippen LogP contribution in [-0.4, -0.2) is 22.3 Å². The van der Waals surface area contributed by atoms with Crippen molar-refractivity contribution < 1.29 is 0 Å². The minimum atomic E-state index is 0.358. The van der Waals surface area contributed by atoms with Crippen molar-refractivity contribution in [2.75, 3.05) is 6.54 Å². The molecule has 94 valence electrons. The van der Waals surface area contributed by atoms with Gasteiger partial charge in [0, 0.05) is 24.0 Å². The lowest BCUT2D eigenvalue weighted by Crippen LogP contribution is -2.38. The first-order valence-corrected chi connectivity index (χ1v) is 7.30. The van der Waals surface area contributed by atoms with Crippen molar-refractivity contribution in [3.8, 4) is 0 Å². The second kappa shape index (κ2) is 5.11. The minimum absolute atomic E-state index is 0.358. The number of alkyl halides is 1. The molecule has 0 amide bonds. The molecule has 0 unspecified atom stereocenters. The van der Waals surface area contributed by atoms with Crippen LogP contribution < -0.4 is 0 Å². The van der Waals surface area contributed by atoms with Gasteiger partial charge in [0.2, 0.25) is 0 Å². The highest BCUT2D eigenvalue weighted by Gasteiger charge is 2.37. The maximum absolute atomic E-state index is 3.78. The number of hydrogen-bond acceptors (Lipinski definition) is 1. The smallest absolute Gasteiger partial charge is 0.0288 e. The largest absolute Gasteiger partial charge is 0.294 e. The molecular formula is C15H22BrN. The molecule has 2 atom stereocenters. The molecule has 1 fully saturated rings. The Hall–Kier alpha value is -0.340. The molecule has 2 rings (SSSR count). The molecule has 1 aromatic rings. The van der Waals surface area contributed by atoms with Gasteiger partial charge >= 0.3 is 0 Å². The van der Waals surface area contributed by atoms with Crippen LogP contribution in [0.1, 0.15) is 32.8 Å². The number of halogens is 1. The van der Waals surface area contributed by atoms with Crippen LogP contribution in [0.3, 0.4) is 0 Å². The summed E-state index contributed by atoms with van der Waals surface area (Å²) in [5.41, 5.74) is 1.78. The monoisotopic (exact) mass is 295 g/mol. The average molecular weight is 296 g/mol.